The van der Waals surface area contributed by atoms with E-state index in [2.05, 4.69) is 13.2 Å². The summed E-state index contributed by atoms with van der Waals surface area (Å²) in [4.78, 5) is 0. The molecule has 10 heavy (non-hydrogen) atoms. The van der Waals surface area contributed by atoms with Gasteiger partial charge in [0.2, 0.25) is 0 Å². The Kier molecular flexibility index (Phi) is 2.82. The highest BCUT2D eigenvalue weighted by molar-refractivity contribution is 5.25. The smallest absolute Gasteiger partial charge is 0.119 e. The van der Waals surface area contributed by atoms with Gasteiger partial charge in [0, 0.05) is 0 Å². The van der Waals surface area contributed by atoms with E-state index in [1.54, 1.807) is 0 Å². The molecule has 0 spiro atoms. The number of hydrogen-bond acceptors (Lipinski definition) is 0. The number of rotatable bonds is 3. The van der Waals surface area contributed by atoms with Crippen LogP contribution in [0.5, 0.6) is 0 Å². The lowest BCUT2D eigenvalue weighted by molar-refractivity contribution is 0.415. The summed E-state index contributed by atoms with van der Waals surface area (Å²) in [5.74, 6) is -0.396. The maximum Gasteiger partial charge on any atom is 0.119 e. The van der Waals surface area contributed by atoms with E-state index in [0.29, 0.717) is 5.57 Å². The number of hydrogen-bond donors (Lipinski definition) is 0. The predicted molar refractivity (Wildman–Crippen MR) is 43.5 cm³/mol. The lowest BCUT2D eigenvalue weighted by atomic mass is 9.82. The van der Waals surface area contributed by atoms with Crippen LogP contribution in [0, 0.1) is 5.41 Å². The Morgan fingerprint density at radius 3 is 1.90 bits per heavy atom. The molecule has 0 aliphatic heterocycles. The first-order valence-electron chi connectivity index (χ1n) is 3.46. The molecule has 58 valence electrons. The minimum absolute atomic E-state index is 0.147. The minimum Gasteiger partial charge on any atom is -0.207 e. The summed E-state index contributed by atoms with van der Waals surface area (Å²) in [6.07, 6.45) is 0.884. The molecule has 0 bridgehead atoms. The first kappa shape index (κ1) is 9.41. The first-order chi connectivity index (χ1) is 4.41. The maximum absolute atomic E-state index is 12.5. The van der Waals surface area contributed by atoms with Crippen molar-refractivity contribution in [2.24, 2.45) is 5.41 Å². The van der Waals surface area contributed by atoms with E-state index in [4.69, 9.17) is 0 Å². The summed E-state index contributed by atoms with van der Waals surface area (Å²) in [5.41, 5.74) is 0.362. The van der Waals surface area contributed by atoms with Gasteiger partial charge in [0.1, 0.15) is 5.83 Å². The summed E-state index contributed by atoms with van der Waals surface area (Å²) < 4.78 is 12.5. The van der Waals surface area contributed by atoms with Crippen LogP contribution in [0.15, 0.2) is 24.6 Å². The van der Waals surface area contributed by atoms with E-state index < -0.39 is 5.83 Å². The Hall–Kier alpha value is -0.590. The molecule has 0 N–H and O–H groups in total. The van der Waals surface area contributed by atoms with Crippen molar-refractivity contribution in [1.82, 2.24) is 0 Å². The molecule has 1 heteroatoms. The molecule has 0 amide bonds. The summed E-state index contributed by atoms with van der Waals surface area (Å²) >= 11 is 0. The summed E-state index contributed by atoms with van der Waals surface area (Å²) in [6, 6.07) is 0. The van der Waals surface area contributed by atoms with E-state index in [1.165, 1.54) is 0 Å². The average molecular weight is 142 g/mol. The van der Waals surface area contributed by atoms with Crippen LogP contribution in [-0.4, -0.2) is 0 Å². The molecule has 0 rings (SSSR count). The highest BCUT2D eigenvalue weighted by Crippen LogP contribution is 2.32. The van der Waals surface area contributed by atoms with Crippen molar-refractivity contribution in [3.8, 4) is 0 Å². The quantitative estimate of drug-likeness (QED) is 0.529. The van der Waals surface area contributed by atoms with Gasteiger partial charge >= 0.3 is 0 Å². The van der Waals surface area contributed by atoms with E-state index in [1.807, 2.05) is 20.8 Å². The van der Waals surface area contributed by atoms with E-state index >= 15 is 0 Å². The fourth-order valence-corrected chi connectivity index (χ4v) is 0.581. The Morgan fingerprint density at radius 1 is 1.40 bits per heavy atom. The molecule has 0 aliphatic rings. The second-order valence-corrected chi connectivity index (χ2v) is 3.12. The van der Waals surface area contributed by atoms with Crippen LogP contribution in [0.1, 0.15) is 27.2 Å². The van der Waals surface area contributed by atoms with Gasteiger partial charge in [0.25, 0.3) is 0 Å². The van der Waals surface area contributed by atoms with Crippen LogP contribution < -0.4 is 0 Å². The van der Waals surface area contributed by atoms with Crippen molar-refractivity contribution in [1.29, 1.82) is 0 Å². The zero-order valence-electron chi connectivity index (χ0n) is 7.00. The van der Waals surface area contributed by atoms with Gasteiger partial charge in [-0.25, -0.2) is 4.39 Å². The largest absolute Gasteiger partial charge is 0.207 e. The maximum atomic E-state index is 12.5. The van der Waals surface area contributed by atoms with Gasteiger partial charge in [-0.1, -0.05) is 33.9 Å². The first-order valence-corrected chi connectivity index (χ1v) is 3.46. The zero-order chi connectivity index (χ0) is 8.36. The molecule has 0 aromatic rings. The molecule has 0 aromatic carbocycles. The number of halogens is 1. The molecule has 0 aliphatic carbocycles. The molecule has 0 nitrogen and oxygen atoms in total. The van der Waals surface area contributed by atoms with Gasteiger partial charge in [-0.15, -0.1) is 0 Å². The van der Waals surface area contributed by atoms with E-state index in [9.17, 15) is 4.39 Å². The topological polar surface area (TPSA) is 0 Å². The van der Waals surface area contributed by atoms with Crippen LogP contribution in [0.4, 0.5) is 4.39 Å². The van der Waals surface area contributed by atoms with Crippen molar-refractivity contribution in [2.45, 2.75) is 27.2 Å². The van der Waals surface area contributed by atoms with Gasteiger partial charge in [0.05, 0.1) is 0 Å². The predicted octanol–water partition coefficient (Wildman–Crippen LogP) is 3.46. The molecule has 0 unspecified atom stereocenters. The summed E-state index contributed by atoms with van der Waals surface area (Å²) in [5, 5.41) is 0. The molecular formula is C9H15F. The molecule has 0 saturated carbocycles. The van der Waals surface area contributed by atoms with E-state index in [-0.39, 0.29) is 5.41 Å². The monoisotopic (exact) mass is 142 g/mol. The van der Waals surface area contributed by atoms with Crippen molar-refractivity contribution in [3.05, 3.63) is 24.6 Å². The normalized spacial score (nSPS) is 11.2. The molecular weight excluding hydrogens is 127 g/mol. The second-order valence-electron chi connectivity index (χ2n) is 3.12. The molecule has 0 radical (unpaired) electrons. The minimum atomic E-state index is -0.396. The van der Waals surface area contributed by atoms with Gasteiger partial charge in [-0.05, 0) is 17.4 Å². The third-order valence-electron chi connectivity index (χ3n) is 2.03. The van der Waals surface area contributed by atoms with Crippen molar-refractivity contribution < 1.29 is 4.39 Å². The van der Waals surface area contributed by atoms with Crippen molar-refractivity contribution in [3.63, 3.8) is 0 Å². The highest BCUT2D eigenvalue weighted by Gasteiger charge is 2.20. The number of allylic oxidation sites excluding steroid dienone is 2. The summed E-state index contributed by atoms with van der Waals surface area (Å²) in [7, 11) is 0. The van der Waals surface area contributed by atoms with Gasteiger partial charge in [-0.3, -0.25) is 0 Å². The lowest BCUT2D eigenvalue weighted by Crippen LogP contribution is -2.12. The van der Waals surface area contributed by atoms with Crippen LogP contribution in [0.25, 0.3) is 0 Å². The fraction of sp³-hybridized carbons (Fsp3) is 0.556. The highest BCUT2D eigenvalue weighted by atomic mass is 19.1. The van der Waals surface area contributed by atoms with E-state index in [0.717, 1.165) is 6.42 Å². The zero-order valence-corrected chi connectivity index (χ0v) is 7.00. The molecule has 0 fully saturated rings. The van der Waals surface area contributed by atoms with Gasteiger partial charge in [0.15, 0.2) is 0 Å². The van der Waals surface area contributed by atoms with Crippen LogP contribution >= 0.6 is 0 Å². The lowest BCUT2D eigenvalue weighted by Gasteiger charge is -2.23. The van der Waals surface area contributed by atoms with Gasteiger partial charge < -0.3 is 0 Å². The third-order valence-corrected chi connectivity index (χ3v) is 2.03. The van der Waals surface area contributed by atoms with Gasteiger partial charge in [-0.2, -0.15) is 0 Å². The Balaban J connectivity index is 4.33. The molecule has 0 atom stereocenters. The molecule has 0 aromatic heterocycles. The second kappa shape index (κ2) is 3.00. The van der Waals surface area contributed by atoms with Crippen LogP contribution in [0.3, 0.4) is 0 Å². The standard InChI is InChI=1S/C9H15F/c1-6-9(4,5)7(2)8(3)10/h2-3,6H2,1,4-5H3. The molecule has 0 saturated heterocycles. The van der Waals surface area contributed by atoms with Crippen LogP contribution in [-0.2, 0) is 0 Å². The summed E-state index contributed by atoms with van der Waals surface area (Å²) in [6.45, 7) is 12.8. The Morgan fingerprint density at radius 2 is 1.80 bits per heavy atom. The Labute approximate surface area is 62.4 Å². The van der Waals surface area contributed by atoms with Crippen LogP contribution in [0.2, 0.25) is 0 Å². The Bertz CT molecular complexity index is 154. The third kappa shape index (κ3) is 1.98. The van der Waals surface area contributed by atoms with Crippen molar-refractivity contribution in [2.75, 3.05) is 0 Å². The molecule has 0 heterocycles. The SMILES string of the molecule is C=C(F)C(=C)C(C)(C)CC. The van der Waals surface area contributed by atoms with Crippen molar-refractivity contribution >= 4 is 0 Å². The average Bonchev–Trinajstić information content (AvgIpc) is 1.86. The fourth-order valence-electron chi connectivity index (χ4n) is 0.581.